The second kappa shape index (κ2) is 11.9. The van der Waals surface area contributed by atoms with Crippen LogP contribution >= 0.6 is 11.6 Å². The van der Waals surface area contributed by atoms with Crippen LogP contribution in [0.5, 0.6) is 5.75 Å². The van der Waals surface area contributed by atoms with Gasteiger partial charge in [-0.2, -0.15) is 0 Å². The quantitative estimate of drug-likeness (QED) is 0.485. The first-order chi connectivity index (χ1) is 13.5. The molecule has 154 valence electrons. The maximum atomic E-state index is 10.5. The number of allylic oxidation sites excluding steroid dienone is 2. The van der Waals surface area contributed by atoms with Crippen molar-refractivity contribution in [1.29, 1.82) is 0 Å². The third kappa shape index (κ3) is 8.02. The molecule has 7 heteroatoms. The first-order valence-corrected chi connectivity index (χ1v) is 9.74. The van der Waals surface area contributed by atoms with Crippen molar-refractivity contribution in [2.24, 2.45) is 5.92 Å². The van der Waals surface area contributed by atoms with Crippen molar-refractivity contribution in [3.05, 3.63) is 53.6 Å². The lowest BCUT2D eigenvalue weighted by atomic mass is 9.93. The maximum absolute atomic E-state index is 10.5. The van der Waals surface area contributed by atoms with Crippen LogP contribution in [0, 0.1) is 5.92 Å². The van der Waals surface area contributed by atoms with Gasteiger partial charge in [-0.05, 0) is 37.5 Å². The fourth-order valence-electron chi connectivity index (χ4n) is 2.99. The molecule has 2 rings (SSSR count). The zero-order valence-corrected chi connectivity index (χ0v) is 16.4. The molecule has 28 heavy (non-hydrogen) atoms. The van der Waals surface area contributed by atoms with Crippen LogP contribution in [-0.2, 0) is 9.53 Å². The molecule has 0 aromatic heterocycles. The van der Waals surface area contributed by atoms with E-state index in [4.69, 9.17) is 26.2 Å². The molecule has 1 aliphatic rings. The molecule has 1 aromatic carbocycles. The third-order valence-electron chi connectivity index (χ3n) is 4.47. The van der Waals surface area contributed by atoms with Gasteiger partial charge in [0.05, 0.1) is 18.8 Å². The van der Waals surface area contributed by atoms with Gasteiger partial charge in [0.25, 0.3) is 0 Å². The van der Waals surface area contributed by atoms with Crippen LogP contribution < -0.4 is 4.74 Å². The minimum Gasteiger partial charge on any atom is -0.491 e. The van der Waals surface area contributed by atoms with E-state index in [1.165, 1.54) is 0 Å². The fourth-order valence-corrected chi connectivity index (χ4v) is 3.17. The summed E-state index contributed by atoms with van der Waals surface area (Å²) in [6.07, 6.45) is 7.59. The van der Waals surface area contributed by atoms with Crippen LogP contribution in [0.25, 0.3) is 0 Å². The zero-order chi connectivity index (χ0) is 20.4. The maximum Gasteiger partial charge on any atom is 0.303 e. The highest BCUT2D eigenvalue weighted by Crippen LogP contribution is 2.27. The predicted molar refractivity (Wildman–Crippen MR) is 107 cm³/mol. The number of benzene rings is 1. The summed E-state index contributed by atoms with van der Waals surface area (Å²) in [5.74, 6) is -0.297. The van der Waals surface area contributed by atoms with E-state index in [0.29, 0.717) is 17.2 Å². The van der Waals surface area contributed by atoms with Crippen LogP contribution in [0.4, 0.5) is 0 Å². The van der Waals surface area contributed by atoms with Crippen molar-refractivity contribution in [3.63, 3.8) is 0 Å². The Hall–Kier alpha value is -1.86. The van der Waals surface area contributed by atoms with E-state index < -0.39 is 18.2 Å². The Bertz CT molecular complexity index is 675. The second-order valence-electron chi connectivity index (χ2n) is 6.73. The number of aliphatic hydroxyl groups excluding tert-OH is 2. The monoisotopic (exact) mass is 410 g/mol. The molecule has 1 heterocycles. The van der Waals surface area contributed by atoms with Gasteiger partial charge in [-0.15, -0.1) is 0 Å². The smallest absolute Gasteiger partial charge is 0.303 e. The molecule has 1 fully saturated rings. The average Bonchev–Trinajstić information content (AvgIpc) is 3.01. The van der Waals surface area contributed by atoms with Crippen LogP contribution in [0.1, 0.15) is 25.7 Å². The van der Waals surface area contributed by atoms with Crippen LogP contribution in [0.3, 0.4) is 0 Å². The van der Waals surface area contributed by atoms with Crippen LogP contribution in [-0.4, -0.2) is 52.8 Å². The Labute approximate surface area is 170 Å². The molecule has 0 radical (unpaired) electrons. The summed E-state index contributed by atoms with van der Waals surface area (Å²) in [6.45, 7) is 0.348. The van der Waals surface area contributed by atoms with Gasteiger partial charge in [-0.25, -0.2) is 0 Å². The van der Waals surface area contributed by atoms with Crippen molar-refractivity contribution >= 4 is 17.6 Å². The summed E-state index contributed by atoms with van der Waals surface area (Å²) in [4.78, 5) is 10.5. The number of carboxylic acid groups (broad SMARTS) is 1. The highest BCUT2D eigenvalue weighted by molar-refractivity contribution is 6.30. The molecular formula is C21H27ClO6. The normalized spacial score (nSPS) is 23.5. The number of carbonyl (C=O) groups is 1. The number of rotatable bonds is 11. The summed E-state index contributed by atoms with van der Waals surface area (Å²) in [7, 11) is 0. The number of halogens is 1. The first-order valence-electron chi connectivity index (χ1n) is 9.37. The van der Waals surface area contributed by atoms with E-state index in [9.17, 15) is 15.0 Å². The van der Waals surface area contributed by atoms with Crippen molar-refractivity contribution in [1.82, 2.24) is 0 Å². The van der Waals surface area contributed by atoms with Crippen molar-refractivity contribution in [2.75, 3.05) is 13.2 Å². The van der Waals surface area contributed by atoms with Crippen LogP contribution in [0.2, 0.25) is 5.02 Å². The van der Waals surface area contributed by atoms with Crippen molar-refractivity contribution < 1.29 is 29.6 Å². The van der Waals surface area contributed by atoms with Gasteiger partial charge in [0.1, 0.15) is 18.5 Å². The standard InChI is InChI=1S/C21H27ClO6/c22-15-6-5-7-17(12-15)27-13-16(23)10-11-20-18(19(24)14-28-20)8-3-1-2-4-9-21(25)26/h1-2,5-7,10-12,16,18-20,23-24H,3-4,8-9,13-14H2,(H,25,26)/t16-,18+,19+,20-/m1/s1. The molecule has 1 saturated heterocycles. The van der Waals surface area contributed by atoms with E-state index in [2.05, 4.69) is 0 Å². The van der Waals surface area contributed by atoms with Crippen molar-refractivity contribution in [3.8, 4) is 5.75 Å². The second-order valence-corrected chi connectivity index (χ2v) is 7.17. The topological polar surface area (TPSA) is 96.2 Å². The number of ether oxygens (including phenoxy) is 2. The molecule has 0 saturated carbocycles. The van der Waals surface area contributed by atoms with Gasteiger partial charge >= 0.3 is 5.97 Å². The van der Waals surface area contributed by atoms with Crippen molar-refractivity contribution in [2.45, 2.75) is 44.0 Å². The summed E-state index contributed by atoms with van der Waals surface area (Å²) in [5, 5.41) is 29.4. The zero-order valence-electron chi connectivity index (χ0n) is 15.6. The van der Waals surface area contributed by atoms with Crippen LogP contribution in [0.15, 0.2) is 48.6 Å². The minimum atomic E-state index is -0.813. The Kier molecular flexibility index (Phi) is 9.50. The lowest BCUT2D eigenvalue weighted by molar-refractivity contribution is -0.136. The highest BCUT2D eigenvalue weighted by atomic mass is 35.5. The Balaban J connectivity index is 1.76. The molecule has 1 aromatic rings. The lowest BCUT2D eigenvalue weighted by Gasteiger charge is -2.17. The van der Waals surface area contributed by atoms with Gasteiger partial charge in [-0.1, -0.05) is 42.0 Å². The third-order valence-corrected chi connectivity index (χ3v) is 4.71. The van der Waals surface area contributed by atoms with Gasteiger partial charge in [0.2, 0.25) is 0 Å². The first kappa shape index (κ1) is 22.4. The largest absolute Gasteiger partial charge is 0.491 e. The number of aliphatic hydroxyl groups is 2. The predicted octanol–water partition coefficient (Wildman–Crippen LogP) is 3.21. The number of hydrogen-bond donors (Lipinski definition) is 3. The highest BCUT2D eigenvalue weighted by Gasteiger charge is 2.33. The molecular weight excluding hydrogens is 384 g/mol. The molecule has 4 atom stereocenters. The number of aliphatic carboxylic acids is 1. The Morgan fingerprint density at radius 3 is 2.89 bits per heavy atom. The van der Waals surface area contributed by atoms with E-state index in [1.54, 1.807) is 36.4 Å². The summed E-state index contributed by atoms with van der Waals surface area (Å²) in [5.41, 5.74) is 0. The number of carboxylic acids is 1. The van der Waals surface area contributed by atoms with E-state index in [1.807, 2.05) is 12.2 Å². The van der Waals surface area contributed by atoms with Gasteiger partial charge in [-0.3, -0.25) is 4.79 Å². The Morgan fingerprint density at radius 1 is 1.36 bits per heavy atom. The fraction of sp³-hybridized carbons (Fsp3) is 0.476. The summed E-state index contributed by atoms with van der Waals surface area (Å²) < 4.78 is 11.1. The van der Waals surface area contributed by atoms with Gasteiger partial charge in [0, 0.05) is 17.4 Å². The average molecular weight is 411 g/mol. The number of hydrogen-bond acceptors (Lipinski definition) is 5. The molecule has 6 nitrogen and oxygen atoms in total. The molecule has 1 aliphatic heterocycles. The Morgan fingerprint density at radius 2 is 2.14 bits per heavy atom. The molecule has 0 bridgehead atoms. The lowest BCUT2D eigenvalue weighted by Crippen LogP contribution is -2.23. The molecule has 0 spiro atoms. The van der Waals surface area contributed by atoms with E-state index in [-0.39, 0.29) is 31.7 Å². The van der Waals surface area contributed by atoms with Gasteiger partial charge < -0.3 is 24.8 Å². The van der Waals surface area contributed by atoms with Gasteiger partial charge in [0.15, 0.2) is 0 Å². The molecule has 0 aliphatic carbocycles. The molecule has 3 N–H and O–H groups in total. The molecule has 0 amide bonds. The van der Waals surface area contributed by atoms with E-state index >= 15 is 0 Å². The summed E-state index contributed by atoms with van der Waals surface area (Å²) in [6, 6.07) is 6.95. The molecule has 0 unspecified atom stereocenters. The minimum absolute atomic E-state index is 0.0681. The summed E-state index contributed by atoms with van der Waals surface area (Å²) >= 11 is 5.89. The van der Waals surface area contributed by atoms with E-state index in [0.717, 1.165) is 12.8 Å². The SMILES string of the molecule is O=C(O)CCC=CCC[C@H]1[C@@H](O)CO[C@@H]1C=C[C@@H](O)COc1cccc(Cl)c1.